The molecule has 136 valence electrons. The van der Waals surface area contributed by atoms with Crippen LogP contribution in [0.25, 0.3) is 0 Å². The zero-order chi connectivity index (χ0) is 18.3. The topological polar surface area (TPSA) is 49.6 Å². The molecule has 5 nitrogen and oxygen atoms in total. The number of alkyl halides is 3. The molecule has 0 radical (unpaired) electrons. The van der Waals surface area contributed by atoms with Gasteiger partial charge in [0.05, 0.1) is 18.3 Å². The zero-order valence-electron chi connectivity index (χ0n) is 14.6. The highest BCUT2D eigenvalue weighted by molar-refractivity contribution is 5.84. The molecule has 1 aromatic heterocycles. The highest BCUT2D eigenvalue weighted by Gasteiger charge is 2.42. The summed E-state index contributed by atoms with van der Waals surface area (Å²) in [7, 11) is 1.71. The molecule has 0 unspecified atom stereocenters. The van der Waals surface area contributed by atoms with Crippen LogP contribution in [0.2, 0.25) is 0 Å². The van der Waals surface area contributed by atoms with E-state index in [4.69, 9.17) is 4.42 Å². The Hall–Kier alpha value is -1.57. The van der Waals surface area contributed by atoms with Gasteiger partial charge < -0.3 is 9.32 Å². The number of likely N-dealkylation sites (N-methyl/N-ethyl adjacent to an activating group) is 1. The Labute approximate surface area is 139 Å². The Kier molecular flexibility index (Phi) is 4.99. The van der Waals surface area contributed by atoms with Crippen molar-refractivity contribution in [2.45, 2.75) is 57.8 Å². The van der Waals surface area contributed by atoms with Crippen LogP contribution in [-0.2, 0) is 10.2 Å². The number of aromatic nitrogens is 1. The zero-order valence-corrected chi connectivity index (χ0v) is 14.6. The standard InChI is InChI=1S/C16H24F3N3O2/c1-10(13-20-8-12(24-13)15(2,3)4)21(5)11-6-7-22(14(11)23)9-16(17,18)19/h8,10-11H,6-7,9H2,1-5H3/t10-,11-/m1/s1. The summed E-state index contributed by atoms with van der Waals surface area (Å²) in [4.78, 5) is 19.1. The molecule has 2 rings (SSSR count). The predicted molar refractivity (Wildman–Crippen MR) is 82.4 cm³/mol. The van der Waals surface area contributed by atoms with Gasteiger partial charge >= 0.3 is 6.18 Å². The number of halogens is 3. The van der Waals surface area contributed by atoms with Crippen LogP contribution in [-0.4, -0.2) is 53.0 Å². The lowest BCUT2D eigenvalue weighted by atomic mass is 9.94. The van der Waals surface area contributed by atoms with Crippen LogP contribution in [0.4, 0.5) is 13.2 Å². The first-order valence-corrected chi connectivity index (χ1v) is 7.94. The minimum absolute atomic E-state index is 0.110. The third-order valence-electron chi connectivity index (χ3n) is 4.36. The second-order valence-corrected chi connectivity index (χ2v) is 7.33. The number of hydrogen-bond donors (Lipinski definition) is 0. The number of likely N-dealkylation sites (tertiary alicyclic amines) is 1. The molecule has 1 fully saturated rings. The minimum atomic E-state index is -4.38. The lowest BCUT2D eigenvalue weighted by molar-refractivity contribution is -0.159. The lowest BCUT2D eigenvalue weighted by Gasteiger charge is -2.28. The van der Waals surface area contributed by atoms with Gasteiger partial charge in [0.25, 0.3) is 0 Å². The molecule has 2 heterocycles. The van der Waals surface area contributed by atoms with Crippen LogP contribution >= 0.6 is 0 Å². The van der Waals surface area contributed by atoms with Crippen molar-refractivity contribution < 1.29 is 22.4 Å². The fourth-order valence-electron chi connectivity index (χ4n) is 2.75. The average Bonchev–Trinajstić information content (AvgIpc) is 3.04. The van der Waals surface area contributed by atoms with Gasteiger partial charge in [-0.1, -0.05) is 20.8 Å². The van der Waals surface area contributed by atoms with E-state index in [0.29, 0.717) is 12.3 Å². The van der Waals surface area contributed by atoms with Gasteiger partial charge in [-0.25, -0.2) is 4.98 Å². The summed E-state index contributed by atoms with van der Waals surface area (Å²) >= 11 is 0. The van der Waals surface area contributed by atoms with Gasteiger partial charge in [0.2, 0.25) is 11.8 Å². The van der Waals surface area contributed by atoms with Gasteiger partial charge in [0.15, 0.2) is 0 Å². The number of oxazole rings is 1. The van der Waals surface area contributed by atoms with E-state index in [1.165, 1.54) is 0 Å². The molecule has 1 aliphatic rings. The summed E-state index contributed by atoms with van der Waals surface area (Å²) in [6, 6.07) is -0.895. The van der Waals surface area contributed by atoms with Crippen LogP contribution in [0.5, 0.6) is 0 Å². The normalized spacial score (nSPS) is 21.0. The summed E-state index contributed by atoms with van der Waals surface area (Å²) in [5.74, 6) is 0.697. The van der Waals surface area contributed by atoms with Crippen molar-refractivity contribution in [3.63, 3.8) is 0 Å². The maximum atomic E-state index is 12.5. The summed E-state index contributed by atoms with van der Waals surface area (Å²) in [6.07, 6.45) is -2.35. The Morgan fingerprint density at radius 1 is 1.42 bits per heavy atom. The highest BCUT2D eigenvalue weighted by Crippen LogP contribution is 2.30. The molecule has 2 atom stereocenters. The molecule has 1 aliphatic heterocycles. The Bertz CT molecular complexity index is 592. The molecular weight excluding hydrogens is 323 g/mol. The summed E-state index contributed by atoms with van der Waals surface area (Å²) < 4.78 is 43.3. The molecule has 8 heteroatoms. The molecule has 0 saturated carbocycles. The molecule has 1 saturated heterocycles. The molecule has 24 heavy (non-hydrogen) atoms. The molecule has 0 spiro atoms. The maximum absolute atomic E-state index is 12.5. The van der Waals surface area contributed by atoms with E-state index >= 15 is 0 Å². The van der Waals surface area contributed by atoms with Crippen molar-refractivity contribution in [3.8, 4) is 0 Å². The number of nitrogens with zero attached hydrogens (tertiary/aromatic N) is 3. The molecule has 0 aliphatic carbocycles. The summed E-state index contributed by atoms with van der Waals surface area (Å²) in [5.41, 5.74) is -0.184. The largest absolute Gasteiger partial charge is 0.443 e. The number of amides is 1. The first kappa shape index (κ1) is 18.8. The van der Waals surface area contributed by atoms with Gasteiger partial charge in [0.1, 0.15) is 12.3 Å². The van der Waals surface area contributed by atoms with E-state index in [9.17, 15) is 18.0 Å². The molecular formula is C16H24F3N3O2. The maximum Gasteiger partial charge on any atom is 0.406 e. The Balaban J connectivity index is 2.07. The van der Waals surface area contributed by atoms with Crippen LogP contribution in [0, 0.1) is 0 Å². The monoisotopic (exact) mass is 347 g/mol. The van der Waals surface area contributed by atoms with E-state index in [2.05, 4.69) is 4.98 Å². The van der Waals surface area contributed by atoms with Crippen molar-refractivity contribution in [2.75, 3.05) is 20.1 Å². The van der Waals surface area contributed by atoms with E-state index < -0.39 is 24.7 Å². The predicted octanol–water partition coefficient (Wildman–Crippen LogP) is 3.13. The first-order valence-electron chi connectivity index (χ1n) is 7.94. The molecule has 1 aromatic rings. The van der Waals surface area contributed by atoms with Gasteiger partial charge in [-0.15, -0.1) is 0 Å². The molecule has 0 bridgehead atoms. The number of carbonyl (C=O) groups is 1. The second-order valence-electron chi connectivity index (χ2n) is 7.33. The van der Waals surface area contributed by atoms with Gasteiger partial charge in [-0.3, -0.25) is 9.69 Å². The minimum Gasteiger partial charge on any atom is -0.443 e. The third-order valence-corrected chi connectivity index (χ3v) is 4.36. The molecule has 0 N–H and O–H groups in total. The van der Waals surface area contributed by atoms with Crippen molar-refractivity contribution in [2.24, 2.45) is 0 Å². The van der Waals surface area contributed by atoms with Crippen molar-refractivity contribution in [1.29, 1.82) is 0 Å². The fraction of sp³-hybridized carbons (Fsp3) is 0.750. The quantitative estimate of drug-likeness (QED) is 0.840. The van der Waals surface area contributed by atoms with E-state index in [1.807, 2.05) is 27.7 Å². The molecule has 1 amide bonds. The number of carbonyl (C=O) groups excluding carboxylic acids is 1. The van der Waals surface area contributed by atoms with Gasteiger partial charge in [-0.2, -0.15) is 13.2 Å². The first-order chi connectivity index (χ1) is 10.9. The Morgan fingerprint density at radius 2 is 2.04 bits per heavy atom. The fourth-order valence-corrected chi connectivity index (χ4v) is 2.75. The van der Waals surface area contributed by atoms with Crippen LogP contribution in [0.15, 0.2) is 10.6 Å². The van der Waals surface area contributed by atoms with E-state index in [-0.39, 0.29) is 18.0 Å². The van der Waals surface area contributed by atoms with Crippen molar-refractivity contribution in [1.82, 2.24) is 14.8 Å². The van der Waals surface area contributed by atoms with E-state index in [0.717, 1.165) is 10.7 Å². The van der Waals surface area contributed by atoms with Gasteiger partial charge in [-0.05, 0) is 20.4 Å². The SMILES string of the molecule is C[C@H](c1ncc(C(C)(C)C)o1)N(C)[C@@H]1CCN(CC(F)(F)F)C1=O. The number of hydrogen-bond acceptors (Lipinski definition) is 4. The second kappa shape index (κ2) is 6.38. The van der Waals surface area contributed by atoms with Crippen LogP contribution in [0.3, 0.4) is 0 Å². The Morgan fingerprint density at radius 3 is 2.54 bits per heavy atom. The van der Waals surface area contributed by atoms with Crippen molar-refractivity contribution >= 4 is 5.91 Å². The van der Waals surface area contributed by atoms with Gasteiger partial charge in [0, 0.05) is 12.0 Å². The third kappa shape index (κ3) is 4.09. The highest BCUT2D eigenvalue weighted by atomic mass is 19.4. The summed E-state index contributed by atoms with van der Waals surface area (Å²) in [6.45, 7) is 6.75. The van der Waals surface area contributed by atoms with Crippen LogP contribution in [0.1, 0.15) is 51.8 Å². The summed E-state index contributed by atoms with van der Waals surface area (Å²) in [5, 5.41) is 0. The average molecular weight is 347 g/mol. The van der Waals surface area contributed by atoms with Crippen molar-refractivity contribution in [3.05, 3.63) is 17.8 Å². The number of rotatable bonds is 4. The smallest absolute Gasteiger partial charge is 0.406 e. The van der Waals surface area contributed by atoms with E-state index in [1.54, 1.807) is 18.1 Å². The molecule has 0 aromatic carbocycles. The van der Waals surface area contributed by atoms with Crippen LogP contribution < -0.4 is 0 Å². The lowest BCUT2D eigenvalue weighted by Crippen LogP contribution is -2.43.